The van der Waals surface area contributed by atoms with Gasteiger partial charge in [0.15, 0.2) is 16.4 Å². The highest BCUT2D eigenvalue weighted by molar-refractivity contribution is 7.22. The van der Waals surface area contributed by atoms with Crippen molar-refractivity contribution in [3.63, 3.8) is 0 Å². The molecule has 34 heavy (non-hydrogen) atoms. The van der Waals surface area contributed by atoms with Gasteiger partial charge in [-0.2, -0.15) is 5.10 Å². The molecule has 176 valence electrons. The summed E-state index contributed by atoms with van der Waals surface area (Å²) < 4.78 is 7.48. The number of benzene rings is 1. The quantitative estimate of drug-likeness (QED) is 0.449. The molecule has 4 heterocycles. The number of hydrogen-bond donors (Lipinski definition) is 1. The number of aryl methyl sites for hydroxylation is 3. The third kappa shape index (κ3) is 4.23. The van der Waals surface area contributed by atoms with Gasteiger partial charge in [0.05, 0.1) is 11.0 Å². The number of piperidine rings is 1. The minimum absolute atomic E-state index is 0.216. The minimum Gasteiger partial charge on any atom is -0.463 e. The lowest BCUT2D eigenvalue weighted by molar-refractivity contribution is -0.117. The average molecular weight is 478 g/mol. The molecule has 0 unspecified atom stereocenters. The normalized spacial score (nSPS) is 14.0. The van der Waals surface area contributed by atoms with Crippen LogP contribution in [0.4, 0.5) is 10.8 Å². The Kier molecular flexibility index (Phi) is 5.95. The maximum Gasteiger partial charge on any atom is 0.294 e. The molecule has 8 nitrogen and oxygen atoms in total. The molecule has 1 amide bonds. The first-order valence-electron chi connectivity index (χ1n) is 11.5. The van der Waals surface area contributed by atoms with Crippen molar-refractivity contribution in [2.45, 2.75) is 46.6 Å². The molecule has 5 rings (SSSR count). The van der Waals surface area contributed by atoms with Crippen LogP contribution in [0.1, 0.15) is 36.0 Å². The zero-order valence-corrected chi connectivity index (χ0v) is 20.4. The smallest absolute Gasteiger partial charge is 0.294 e. The highest BCUT2D eigenvalue weighted by atomic mass is 32.1. The summed E-state index contributed by atoms with van der Waals surface area (Å²) in [7, 11) is 0. The molecule has 0 radical (unpaired) electrons. The molecule has 0 aliphatic carbocycles. The Labute approximate surface area is 201 Å². The summed E-state index contributed by atoms with van der Waals surface area (Å²) in [6.07, 6.45) is 5.01. The van der Waals surface area contributed by atoms with Crippen molar-refractivity contribution >= 4 is 38.3 Å². The van der Waals surface area contributed by atoms with Gasteiger partial charge in [-0.3, -0.25) is 9.59 Å². The van der Waals surface area contributed by atoms with Crippen LogP contribution in [0.25, 0.3) is 21.7 Å². The molecule has 1 fully saturated rings. The van der Waals surface area contributed by atoms with Gasteiger partial charge in [-0.1, -0.05) is 29.0 Å². The summed E-state index contributed by atoms with van der Waals surface area (Å²) in [5, 5.41) is 8.31. The van der Waals surface area contributed by atoms with Crippen LogP contribution >= 0.6 is 11.3 Å². The highest BCUT2D eigenvalue weighted by Gasteiger charge is 2.23. The SMILES string of the molecule is Cc1cc(C)c(NC(=O)Cn2nc(-c3ccco3)c3sc(N4CCCCC4)nc3c2=O)c(C)c1. The van der Waals surface area contributed by atoms with Crippen molar-refractivity contribution in [2.75, 3.05) is 23.3 Å². The number of hydrogen-bond acceptors (Lipinski definition) is 7. The molecule has 1 aromatic carbocycles. The third-order valence-electron chi connectivity index (χ3n) is 6.10. The van der Waals surface area contributed by atoms with Gasteiger partial charge in [-0.05, 0) is 63.3 Å². The van der Waals surface area contributed by atoms with E-state index in [9.17, 15) is 9.59 Å². The number of aromatic nitrogens is 3. The van der Waals surface area contributed by atoms with E-state index in [-0.39, 0.29) is 18.0 Å². The fourth-order valence-electron chi connectivity index (χ4n) is 4.54. The van der Waals surface area contributed by atoms with E-state index in [0.29, 0.717) is 21.7 Å². The third-order valence-corrected chi connectivity index (χ3v) is 7.23. The van der Waals surface area contributed by atoms with Crippen LogP contribution in [-0.2, 0) is 11.3 Å². The Morgan fingerprint density at radius 2 is 1.88 bits per heavy atom. The molecular formula is C25H27N5O3S. The molecule has 0 saturated carbocycles. The molecule has 0 atom stereocenters. The fourth-order valence-corrected chi connectivity index (χ4v) is 5.64. The number of rotatable bonds is 5. The van der Waals surface area contributed by atoms with Crippen LogP contribution in [0, 0.1) is 20.8 Å². The average Bonchev–Trinajstić information content (AvgIpc) is 3.50. The van der Waals surface area contributed by atoms with E-state index in [0.717, 1.165) is 53.4 Å². The van der Waals surface area contributed by atoms with Crippen molar-refractivity contribution in [1.82, 2.24) is 14.8 Å². The van der Waals surface area contributed by atoms with E-state index in [2.05, 4.69) is 15.3 Å². The van der Waals surface area contributed by atoms with Crippen molar-refractivity contribution in [2.24, 2.45) is 0 Å². The number of furan rings is 1. The summed E-state index contributed by atoms with van der Waals surface area (Å²) in [6.45, 7) is 7.57. The van der Waals surface area contributed by atoms with E-state index in [4.69, 9.17) is 9.40 Å². The minimum atomic E-state index is -0.377. The number of nitrogens with one attached hydrogen (secondary N) is 1. The summed E-state index contributed by atoms with van der Waals surface area (Å²) in [5.41, 5.74) is 4.31. The number of amides is 1. The lowest BCUT2D eigenvalue weighted by Gasteiger charge is -2.25. The second kappa shape index (κ2) is 9.06. The van der Waals surface area contributed by atoms with Gasteiger partial charge in [-0.15, -0.1) is 0 Å². The summed E-state index contributed by atoms with van der Waals surface area (Å²) >= 11 is 1.46. The van der Waals surface area contributed by atoms with Gasteiger partial charge in [0, 0.05) is 18.8 Å². The number of anilines is 2. The van der Waals surface area contributed by atoms with E-state index < -0.39 is 0 Å². The van der Waals surface area contributed by atoms with Crippen molar-refractivity contribution in [3.05, 3.63) is 57.6 Å². The Morgan fingerprint density at radius 1 is 1.15 bits per heavy atom. The zero-order chi connectivity index (χ0) is 23.8. The largest absolute Gasteiger partial charge is 0.463 e. The lowest BCUT2D eigenvalue weighted by Crippen LogP contribution is -2.31. The second-order valence-electron chi connectivity index (χ2n) is 8.83. The number of carbonyl (C=O) groups is 1. The maximum atomic E-state index is 13.3. The van der Waals surface area contributed by atoms with Crippen molar-refractivity contribution in [3.8, 4) is 11.5 Å². The Morgan fingerprint density at radius 3 is 2.56 bits per heavy atom. The number of thiazole rings is 1. The van der Waals surface area contributed by atoms with Crippen LogP contribution in [0.2, 0.25) is 0 Å². The molecule has 9 heteroatoms. The van der Waals surface area contributed by atoms with Gasteiger partial charge >= 0.3 is 0 Å². The maximum absolute atomic E-state index is 13.3. The van der Waals surface area contributed by atoms with Gasteiger partial charge < -0.3 is 14.6 Å². The van der Waals surface area contributed by atoms with Crippen LogP contribution < -0.4 is 15.8 Å². The first-order valence-corrected chi connectivity index (χ1v) is 12.3. The van der Waals surface area contributed by atoms with Gasteiger partial charge in [0.1, 0.15) is 12.2 Å². The molecule has 3 aromatic heterocycles. The number of carbonyl (C=O) groups excluding carboxylic acids is 1. The second-order valence-corrected chi connectivity index (χ2v) is 9.81. The van der Waals surface area contributed by atoms with Gasteiger partial charge in [0.2, 0.25) is 5.91 Å². The number of nitrogens with zero attached hydrogens (tertiary/aromatic N) is 4. The first-order chi connectivity index (χ1) is 16.4. The summed E-state index contributed by atoms with van der Waals surface area (Å²) in [5.74, 6) is 0.221. The van der Waals surface area contributed by atoms with Crippen molar-refractivity contribution in [1.29, 1.82) is 0 Å². The van der Waals surface area contributed by atoms with Gasteiger partial charge in [-0.25, -0.2) is 9.67 Å². The summed E-state index contributed by atoms with van der Waals surface area (Å²) in [6, 6.07) is 7.62. The van der Waals surface area contributed by atoms with Crippen LogP contribution in [-0.4, -0.2) is 33.8 Å². The van der Waals surface area contributed by atoms with Gasteiger partial charge in [0.25, 0.3) is 5.56 Å². The molecule has 0 spiro atoms. The van der Waals surface area contributed by atoms with Crippen LogP contribution in [0.15, 0.2) is 39.7 Å². The standard InChI is InChI=1S/C25H27N5O3S/c1-15-12-16(2)20(17(3)13-15)26-19(31)14-30-24(32)22-23(21(28-30)18-8-7-11-33-18)34-25(27-22)29-9-5-4-6-10-29/h7-8,11-13H,4-6,9-10,14H2,1-3H3,(H,26,31). The topological polar surface area (TPSA) is 93.3 Å². The molecule has 1 aliphatic heterocycles. The van der Waals surface area contributed by atoms with Crippen LogP contribution in [0.3, 0.4) is 0 Å². The summed E-state index contributed by atoms with van der Waals surface area (Å²) in [4.78, 5) is 33.2. The number of fused-ring (bicyclic) bond motifs is 1. The first kappa shape index (κ1) is 22.3. The fraction of sp³-hybridized carbons (Fsp3) is 0.360. The zero-order valence-electron chi connectivity index (χ0n) is 19.6. The van der Waals surface area contributed by atoms with E-state index >= 15 is 0 Å². The highest BCUT2D eigenvalue weighted by Crippen LogP contribution is 2.34. The molecule has 1 saturated heterocycles. The predicted molar refractivity (Wildman–Crippen MR) is 135 cm³/mol. The predicted octanol–water partition coefficient (Wildman–Crippen LogP) is 4.67. The van der Waals surface area contributed by atoms with Crippen molar-refractivity contribution < 1.29 is 9.21 Å². The monoisotopic (exact) mass is 477 g/mol. The Bertz CT molecular complexity index is 1390. The lowest BCUT2D eigenvalue weighted by atomic mass is 10.1. The molecule has 4 aromatic rings. The molecular weight excluding hydrogens is 450 g/mol. The van der Waals surface area contributed by atoms with E-state index in [1.54, 1.807) is 18.4 Å². The molecule has 0 bridgehead atoms. The van der Waals surface area contributed by atoms with Crippen LogP contribution in [0.5, 0.6) is 0 Å². The Balaban J connectivity index is 1.53. The molecule has 1 aliphatic rings. The Hall–Kier alpha value is -3.46. The van der Waals surface area contributed by atoms with E-state index in [1.807, 2.05) is 32.9 Å². The molecule has 1 N–H and O–H groups in total. The van der Waals surface area contributed by atoms with E-state index in [1.165, 1.54) is 22.4 Å².